The van der Waals surface area contributed by atoms with Crippen molar-refractivity contribution in [2.75, 3.05) is 0 Å². The molecule has 0 spiro atoms. The third kappa shape index (κ3) is 4.23. The van der Waals surface area contributed by atoms with E-state index >= 15 is 0 Å². The van der Waals surface area contributed by atoms with Crippen molar-refractivity contribution < 1.29 is 9.32 Å². The molecule has 5 aliphatic rings. The van der Waals surface area contributed by atoms with E-state index < -0.39 is 0 Å². The highest BCUT2D eigenvalue weighted by atomic mass is 35.5. The first-order valence-electron chi connectivity index (χ1n) is 14.3. The minimum atomic E-state index is -0.278. The van der Waals surface area contributed by atoms with Crippen LogP contribution in [0.1, 0.15) is 113 Å². The number of hydrogen-bond acceptors (Lipinski definition) is 2. The van der Waals surface area contributed by atoms with E-state index in [0.717, 1.165) is 37.0 Å². The van der Waals surface area contributed by atoms with Gasteiger partial charge in [0.15, 0.2) is 0 Å². The molecule has 0 aromatic heterocycles. The summed E-state index contributed by atoms with van der Waals surface area (Å²) in [6.07, 6.45) is 12.5. The van der Waals surface area contributed by atoms with E-state index in [1.165, 1.54) is 50.5 Å². The molecule has 0 N–H and O–H groups in total. The highest BCUT2D eigenvalue weighted by Gasteiger charge is 2.67. The second-order valence-corrected chi connectivity index (χ2v) is 13.7. The number of hydrogen-bond donors (Lipinski definition) is 0. The molecule has 0 aromatic carbocycles. The molecule has 0 aliphatic heterocycles. The van der Waals surface area contributed by atoms with Crippen molar-refractivity contribution in [2.24, 2.45) is 57.7 Å². The van der Waals surface area contributed by atoms with Gasteiger partial charge in [-0.2, -0.15) is 0 Å². The molecular weight excluding hydrogens is 471 g/mol. The monoisotopic (exact) mass is 524 g/mol. The van der Waals surface area contributed by atoms with Crippen LogP contribution >= 0.6 is 21.1 Å². The van der Waals surface area contributed by atoms with Crippen LogP contribution in [0.25, 0.3) is 0 Å². The number of fused-ring (bicyclic) bond motifs is 7. The minimum absolute atomic E-state index is 0. The van der Waals surface area contributed by atoms with Gasteiger partial charge in [-0.3, -0.25) is 4.79 Å². The first kappa shape index (κ1) is 29.6. The summed E-state index contributed by atoms with van der Waals surface area (Å²) in [5, 5.41) is -0.0442. The fourth-order valence-electron chi connectivity index (χ4n) is 10.9. The molecule has 35 heavy (non-hydrogen) atoms. The summed E-state index contributed by atoms with van der Waals surface area (Å²) >= 11 is 6.40. The topological polar surface area (TPSA) is 26.3 Å². The van der Waals surface area contributed by atoms with Crippen LogP contribution in [-0.4, -0.2) is 11.3 Å². The summed E-state index contributed by atoms with van der Waals surface area (Å²) in [7, 11) is 2.54. The van der Waals surface area contributed by atoms with Crippen molar-refractivity contribution in [3.05, 3.63) is 12.2 Å². The van der Waals surface area contributed by atoms with E-state index in [1.54, 1.807) is 0 Å². The maximum absolute atomic E-state index is 12.9. The zero-order valence-corrected chi connectivity index (χ0v) is 24.6. The summed E-state index contributed by atoms with van der Waals surface area (Å²) in [5.41, 5.74) is 1.83. The highest BCUT2D eigenvalue weighted by Crippen LogP contribution is 2.73. The van der Waals surface area contributed by atoms with Crippen molar-refractivity contribution in [2.45, 2.75) is 119 Å². The molecule has 0 aromatic rings. The molecule has 0 bridgehead atoms. The average molecular weight is 525 g/mol. The SMILES string of the molecule is C.C=C(C)C1CCC2(C(=O)Cl)CCC3C(CCC4C5(C)CCC(OP)C(C)C5CCC34C)C12.CC. The summed E-state index contributed by atoms with van der Waals surface area (Å²) in [5.74, 6) is 4.49. The normalized spacial score (nSPS) is 50.2. The van der Waals surface area contributed by atoms with Crippen molar-refractivity contribution >= 4 is 26.3 Å². The van der Waals surface area contributed by atoms with Gasteiger partial charge in [0.05, 0.1) is 6.10 Å². The van der Waals surface area contributed by atoms with Crippen molar-refractivity contribution in [3.63, 3.8) is 0 Å². The molecular formula is C31H54ClO2P. The van der Waals surface area contributed by atoms with Crippen LogP contribution in [0.15, 0.2) is 12.2 Å². The molecule has 0 heterocycles. The van der Waals surface area contributed by atoms with Gasteiger partial charge < -0.3 is 4.52 Å². The Hall–Kier alpha value is 0.0900. The Morgan fingerprint density at radius 1 is 0.943 bits per heavy atom. The molecule has 5 aliphatic carbocycles. The molecule has 202 valence electrons. The molecule has 5 saturated carbocycles. The molecule has 5 rings (SSSR count). The van der Waals surface area contributed by atoms with E-state index in [4.69, 9.17) is 16.1 Å². The first-order chi connectivity index (χ1) is 16.1. The third-order valence-corrected chi connectivity index (χ3v) is 13.0. The van der Waals surface area contributed by atoms with Gasteiger partial charge in [0.2, 0.25) is 5.24 Å². The predicted octanol–water partition coefficient (Wildman–Crippen LogP) is 9.47. The van der Waals surface area contributed by atoms with Crippen LogP contribution in [0, 0.1) is 57.7 Å². The molecule has 0 amide bonds. The van der Waals surface area contributed by atoms with Gasteiger partial charge in [-0.25, -0.2) is 0 Å². The number of halogens is 1. The number of carbonyl (C=O) groups is 1. The van der Waals surface area contributed by atoms with Crippen LogP contribution in [-0.2, 0) is 9.32 Å². The van der Waals surface area contributed by atoms with Gasteiger partial charge in [-0.05, 0) is 135 Å². The van der Waals surface area contributed by atoms with Crippen LogP contribution in [0.5, 0.6) is 0 Å². The molecule has 0 radical (unpaired) electrons. The smallest absolute Gasteiger partial charge is 0.228 e. The number of carbonyl (C=O) groups excluding carboxylic acids is 1. The molecule has 5 fully saturated rings. The summed E-state index contributed by atoms with van der Waals surface area (Å²) < 4.78 is 5.82. The van der Waals surface area contributed by atoms with Crippen LogP contribution < -0.4 is 0 Å². The predicted molar refractivity (Wildman–Crippen MR) is 153 cm³/mol. The molecule has 0 saturated heterocycles. The lowest BCUT2D eigenvalue weighted by Gasteiger charge is -2.68. The van der Waals surface area contributed by atoms with Crippen molar-refractivity contribution in [1.82, 2.24) is 0 Å². The van der Waals surface area contributed by atoms with E-state index in [-0.39, 0.29) is 18.1 Å². The Labute approximate surface area is 224 Å². The lowest BCUT2D eigenvalue weighted by molar-refractivity contribution is -0.194. The van der Waals surface area contributed by atoms with Gasteiger partial charge in [0.25, 0.3) is 0 Å². The van der Waals surface area contributed by atoms with E-state index in [0.29, 0.717) is 40.6 Å². The quantitative estimate of drug-likeness (QED) is 0.209. The maximum atomic E-state index is 12.9. The first-order valence-corrected chi connectivity index (χ1v) is 15.2. The van der Waals surface area contributed by atoms with Gasteiger partial charge in [0, 0.05) is 14.9 Å². The Morgan fingerprint density at radius 2 is 1.51 bits per heavy atom. The lowest BCUT2D eigenvalue weighted by atomic mass is 9.37. The maximum Gasteiger partial charge on any atom is 0.228 e. The largest absolute Gasteiger partial charge is 0.362 e. The fraction of sp³-hybridized carbons (Fsp3) is 0.903. The number of rotatable bonds is 3. The zero-order chi connectivity index (χ0) is 25.1. The zero-order valence-electron chi connectivity index (χ0n) is 22.7. The Balaban J connectivity index is 0.00000111. The van der Waals surface area contributed by atoms with Gasteiger partial charge in [0.1, 0.15) is 0 Å². The Bertz CT molecular complexity index is 799. The Kier molecular flexibility index (Phi) is 9.05. The van der Waals surface area contributed by atoms with E-state index in [1.807, 2.05) is 13.8 Å². The average Bonchev–Trinajstić information content (AvgIpc) is 3.22. The summed E-state index contributed by atoms with van der Waals surface area (Å²) in [4.78, 5) is 12.9. The second kappa shape index (κ2) is 10.7. The summed E-state index contributed by atoms with van der Waals surface area (Å²) in [6.45, 7) is 18.3. The highest BCUT2D eigenvalue weighted by molar-refractivity contribution is 7.09. The minimum Gasteiger partial charge on any atom is -0.362 e. The second-order valence-electron chi connectivity index (χ2n) is 13.1. The van der Waals surface area contributed by atoms with Crippen molar-refractivity contribution in [1.29, 1.82) is 0 Å². The van der Waals surface area contributed by atoms with Crippen LogP contribution in [0.4, 0.5) is 0 Å². The van der Waals surface area contributed by atoms with Gasteiger partial charge in [-0.15, -0.1) is 0 Å². The molecule has 12 unspecified atom stereocenters. The van der Waals surface area contributed by atoms with Crippen LogP contribution in [0.3, 0.4) is 0 Å². The fourth-order valence-corrected chi connectivity index (χ4v) is 11.6. The van der Waals surface area contributed by atoms with E-state index in [2.05, 4.69) is 43.7 Å². The standard InChI is InChI=1S/C28H44ClO2P.C2H6.CH4/c1-16(2)18-8-14-28(25(29)30)15-10-21-19(24(18)28)6-7-23-26(4)13-11-22(31-32)17(3)20(26)9-12-27(21,23)5;1-2;/h17-24H,1,6-15,32H2,2-5H3;1-2H3;1H4. The van der Waals surface area contributed by atoms with Gasteiger partial charge >= 0.3 is 0 Å². The molecule has 12 atom stereocenters. The number of allylic oxidation sites excluding steroid dienone is 1. The van der Waals surface area contributed by atoms with E-state index in [9.17, 15) is 4.79 Å². The summed E-state index contributed by atoms with van der Waals surface area (Å²) in [6, 6.07) is 0. The molecule has 2 nitrogen and oxygen atoms in total. The lowest BCUT2D eigenvalue weighted by Crippen LogP contribution is -2.61. The Morgan fingerprint density at radius 3 is 2.11 bits per heavy atom. The molecule has 4 heteroatoms. The van der Waals surface area contributed by atoms with Crippen LogP contribution in [0.2, 0.25) is 0 Å². The van der Waals surface area contributed by atoms with Gasteiger partial charge in [-0.1, -0.05) is 54.2 Å². The third-order valence-electron chi connectivity index (χ3n) is 12.3. The van der Waals surface area contributed by atoms with Crippen molar-refractivity contribution in [3.8, 4) is 0 Å².